The van der Waals surface area contributed by atoms with Crippen LogP contribution in [0.1, 0.15) is 16.8 Å². The highest BCUT2D eigenvalue weighted by Gasteiger charge is 2.22. The second-order valence-electron chi connectivity index (χ2n) is 7.68. The maximum atomic E-state index is 12.7. The number of nitrogens with zero attached hydrogens (tertiary/aromatic N) is 4. The predicted molar refractivity (Wildman–Crippen MR) is 119 cm³/mol. The van der Waals surface area contributed by atoms with E-state index in [2.05, 4.69) is 32.2 Å². The molecule has 2 aliphatic rings. The minimum Gasteiger partial charge on any atom is -0.378 e. The fraction of sp³-hybridized carbons (Fsp3) is 0.435. The number of amides is 2. The molecule has 1 N–H and O–H groups in total. The molecule has 0 radical (unpaired) electrons. The Morgan fingerprint density at radius 2 is 1.65 bits per heavy atom. The number of piperazine rings is 1. The van der Waals surface area contributed by atoms with Crippen LogP contribution in [-0.4, -0.2) is 80.7 Å². The van der Waals surface area contributed by atoms with Gasteiger partial charge in [-0.25, -0.2) is 4.98 Å². The lowest BCUT2D eigenvalue weighted by Gasteiger charge is -2.36. The van der Waals surface area contributed by atoms with Crippen molar-refractivity contribution in [2.45, 2.75) is 6.42 Å². The van der Waals surface area contributed by atoms with Gasteiger partial charge in [0.15, 0.2) is 0 Å². The van der Waals surface area contributed by atoms with E-state index in [1.54, 1.807) is 18.3 Å². The van der Waals surface area contributed by atoms with Crippen molar-refractivity contribution < 1.29 is 14.3 Å². The van der Waals surface area contributed by atoms with E-state index in [4.69, 9.17) is 4.74 Å². The molecule has 0 saturated carbocycles. The zero-order chi connectivity index (χ0) is 21.5. The third-order valence-electron chi connectivity index (χ3n) is 5.72. The van der Waals surface area contributed by atoms with Crippen molar-refractivity contribution in [3.63, 3.8) is 0 Å². The molecule has 0 spiro atoms. The Balaban J connectivity index is 1.24. The summed E-state index contributed by atoms with van der Waals surface area (Å²) >= 11 is 0. The molecule has 0 atom stereocenters. The summed E-state index contributed by atoms with van der Waals surface area (Å²) in [6.07, 6.45) is 1.99. The summed E-state index contributed by atoms with van der Waals surface area (Å²) < 4.78 is 5.39. The molecule has 2 fully saturated rings. The molecule has 3 heterocycles. The van der Waals surface area contributed by atoms with Crippen molar-refractivity contribution in [2.75, 3.05) is 68.8 Å². The number of anilines is 2. The number of hydrogen-bond acceptors (Lipinski definition) is 6. The van der Waals surface area contributed by atoms with Gasteiger partial charge in [0.1, 0.15) is 5.82 Å². The van der Waals surface area contributed by atoms with Gasteiger partial charge in [0, 0.05) is 64.1 Å². The van der Waals surface area contributed by atoms with Crippen LogP contribution in [0.4, 0.5) is 11.5 Å². The van der Waals surface area contributed by atoms with Crippen molar-refractivity contribution in [3.05, 3.63) is 54.2 Å². The smallest absolute Gasteiger partial charge is 0.255 e. The molecule has 8 heteroatoms. The average molecular weight is 424 g/mol. The fourth-order valence-electron chi connectivity index (χ4n) is 3.99. The van der Waals surface area contributed by atoms with Crippen LogP contribution in [0, 0.1) is 0 Å². The lowest BCUT2D eigenvalue weighted by molar-refractivity contribution is -0.131. The maximum absolute atomic E-state index is 12.7. The van der Waals surface area contributed by atoms with E-state index in [-0.39, 0.29) is 11.8 Å². The predicted octanol–water partition coefficient (Wildman–Crippen LogP) is 1.39. The summed E-state index contributed by atoms with van der Waals surface area (Å²) in [6, 6.07) is 13.8. The quantitative estimate of drug-likeness (QED) is 0.757. The van der Waals surface area contributed by atoms with Crippen LogP contribution < -0.4 is 15.1 Å². The molecule has 1 aromatic heterocycles. The van der Waals surface area contributed by atoms with Crippen LogP contribution in [0.15, 0.2) is 48.7 Å². The maximum Gasteiger partial charge on any atom is 0.255 e. The van der Waals surface area contributed by atoms with Gasteiger partial charge < -0.3 is 24.8 Å². The number of rotatable bonds is 6. The molecule has 31 heavy (non-hydrogen) atoms. The number of pyridine rings is 1. The fourth-order valence-corrected chi connectivity index (χ4v) is 3.99. The number of para-hydroxylation sites is 1. The average Bonchev–Trinajstić information content (AvgIpc) is 2.85. The SMILES string of the molecule is O=C(NCCC(=O)N1CCN(c2ccccc2)CC1)c1cccnc1N1CCOCC1. The van der Waals surface area contributed by atoms with Crippen LogP contribution in [0.25, 0.3) is 0 Å². The van der Waals surface area contributed by atoms with Gasteiger partial charge in [0.25, 0.3) is 5.91 Å². The van der Waals surface area contributed by atoms with E-state index >= 15 is 0 Å². The molecule has 8 nitrogen and oxygen atoms in total. The van der Waals surface area contributed by atoms with Crippen LogP contribution in [-0.2, 0) is 9.53 Å². The third-order valence-corrected chi connectivity index (χ3v) is 5.72. The van der Waals surface area contributed by atoms with Gasteiger partial charge in [0.2, 0.25) is 5.91 Å². The Hall–Kier alpha value is -3.13. The molecule has 0 aliphatic carbocycles. The number of ether oxygens (including phenoxy) is 1. The molecular formula is C23H29N5O3. The lowest BCUT2D eigenvalue weighted by Crippen LogP contribution is -2.49. The number of carbonyl (C=O) groups excluding carboxylic acids is 2. The van der Waals surface area contributed by atoms with Gasteiger partial charge in [-0.1, -0.05) is 18.2 Å². The Morgan fingerprint density at radius 1 is 0.903 bits per heavy atom. The molecule has 2 aromatic rings. The summed E-state index contributed by atoms with van der Waals surface area (Å²) in [5, 5.41) is 2.89. The molecule has 164 valence electrons. The summed E-state index contributed by atoms with van der Waals surface area (Å²) in [7, 11) is 0. The van der Waals surface area contributed by atoms with Crippen LogP contribution in [0.3, 0.4) is 0 Å². The molecule has 4 rings (SSSR count). The number of carbonyl (C=O) groups is 2. The lowest BCUT2D eigenvalue weighted by atomic mass is 10.2. The highest BCUT2D eigenvalue weighted by Crippen LogP contribution is 2.19. The first-order chi connectivity index (χ1) is 15.2. The Morgan fingerprint density at radius 3 is 2.39 bits per heavy atom. The highest BCUT2D eigenvalue weighted by molar-refractivity contribution is 5.99. The first-order valence-electron chi connectivity index (χ1n) is 10.9. The third kappa shape index (κ3) is 5.32. The molecule has 2 amide bonds. The van der Waals surface area contributed by atoms with Gasteiger partial charge >= 0.3 is 0 Å². The summed E-state index contributed by atoms with van der Waals surface area (Å²) in [4.78, 5) is 36.0. The van der Waals surface area contributed by atoms with Gasteiger partial charge in [-0.2, -0.15) is 0 Å². The molecule has 1 aromatic carbocycles. The Bertz CT molecular complexity index is 878. The second-order valence-corrected chi connectivity index (χ2v) is 7.68. The van der Waals surface area contributed by atoms with Gasteiger partial charge in [-0.3, -0.25) is 9.59 Å². The number of nitrogens with one attached hydrogen (secondary N) is 1. The minimum absolute atomic E-state index is 0.0765. The first kappa shape index (κ1) is 21.1. The van der Waals surface area contributed by atoms with Crippen LogP contribution >= 0.6 is 0 Å². The van der Waals surface area contributed by atoms with E-state index in [9.17, 15) is 9.59 Å². The van der Waals surface area contributed by atoms with Crippen LogP contribution in [0.5, 0.6) is 0 Å². The molecule has 2 aliphatic heterocycles. The van der Waals surface area contributed by atoms with E-state index in [1.807, 2.05) is 23.1 Å². The summed E-state index contributed by atoms with van der Waals surface area (Å²) in [6.45, 7) is 6.04. The van der Waals surface area contributed by atoms with E-state index < -0.39 is 0 Å². The van der Waals surface area contributed by atoms with Crippen molar-refractivity contribution in [1.82, 2.24) is 15.2 Å². The topological polar surface area (TPSA) is 78.0 Å². The zero-order valence-corrected chi connectivity index (χ0v) is 17.7. The van der Waals surface area contributed by atoms with Crippen molar-refractivity contribution >= 4 is 23.3 Å². The van der Waals surface area contributed by atoms with Crippen LogP contribution in [0.2, 0.25) is 0 Å². The molecule has 2 saturated heterocycles. The number of aromatic nitrogens is 1. The van der Waals surface area contributed by atoms with Crippen molar-refractivity contribution in [1.29, 1.82) is 0 Å². The number of hydrogen-bond donors (Lipinski definition) is 1. The van der Waals surface area contributed by atoms with E-state index in [0.717, 1.165) is 13.1 Å². The zero-order valence-electron chi connectivity index (χ0n) is 17.7. The minimum atomic E-state index is -0.198. The normalized spacial score (nSPS) is 16.8. The van der Waals surface area contributed by atoms with Gasteiger partial charge in [0.05, 0.1) is 18.8 Å². The summed E-state index contributed by atoms with van der Waals surface area (Å²) in [5.41, 5.74) is 1.72. The first-order valence-corrected chi connectivity index (χ1v) is 10.9. The summed E-state index contributed by atoms with van der Waals surface area (Å²) in [5.74, 6) is 0.551. The van der Waals surface area contributed by atoms with Gasteiger partial charge in [-0.15, -0.1) is 0 Å². The van der Waals surface area contributed by atoms with Crippen molar-refractivity contribution in [3.8, 4) is 0 Å². The molecule has 0 bridgehead atoms. The largest absolute Gasteiger partial charge is 0.378 e. The number of benzene rings is 1. The second kappa shape index (κ2) is 10.3. The number of morpholine rings is 1. The van der Waals surface area contributed by atoms with E-state index in [0.29, 0.717) is 63.7 Å². The standard InChI is InChI=1S/C23H29N5O3/c29-21(27-13-11-26(12-14-27)19-5-2-1-3-6-19)8-10-25-23(30)20-7-4-9-24-22(20)28-15-17-31-18-16-28/h1-7,9H,8,10-18H2,(H,25,30). The monoisotopic (exact) mass is 423 g/mol. The Kier molecular flexibility index (Phi) is 6.99. The highest BCUT2D eigenvalue weighted by atomic mass is 16.5. The molecular weight excluding hydrogens is 394 g/mol. The van der Waals surface area contributed by atoms with Gasteiger partial charge in [-0.05, 0) is 24.3 Å². The van der Waals surface area contributed by atoms with Crippen molar-refractivity contribution in [2.24, 2.45) is 0 Å². The Labute approximate surface area is 182 Å². The molecule has 0 unspecified atom stereocenters. The van der Waals surface area contributed by atoms with E-state index in [1.165, 1.54) is 5.69 Å².